The van der Waals surface area contributed by atoms with Gasteiger partial charge in [0.1, 0.15) is 0 Å². The monoisotopic (exact) mass is 216 g/mol. The Kier molecular flexibility index (Phi) is 2.70. The molecule has 2 aliphatic rings. The molecule has 2 nitrogen and oxygen atoms in total. The second-order valence-corrected chi connectivity index (χ2v) is 5.29. The van der Waals surface area contributed by atoms with Gasteiger partial charge < -0.3 is 5.32 Å². The van der Waals surface area contributed by atoms with Crippen LogP contribution in [0.1, 0.15) is 24.8 Å². The second-order valence-electron chi connectivity index (χ2n) is 5.29. The summed E-state index contributed by atoms with van der Waals surface area (Å²) in [4.78, 5) is 2.55. The summed E-state index contributed by atoms with van der Waals surface area (Å²) in [5, 5.41) is 3.71. The summed E-state index contributed by atoms with van der Waals surface area (Å²) in [5.41, 5.74) is 1.92. The molecular weight excluding hydrogens is 196 g/mol. The van der Waals surface area contributed by atoms with Crippen LogP contribution in [0, 0.1) is 0 Å². The Morgan fingerprint density at radius 3 is 2.62 bits per heavy atom. The predicted octanol–water partition coefficient (Wildman–Crippen LogP) is 2.01. The van der Waals surface area contributed by atoms with Gasteiger partial charge in [-0.2, -0.15) is 0 Å². The van der Waals surface area contributed by atoms with Crippen LogP contribution in [0.2, 0.25) is 0 Å². The highest BCUT2D eigenvalue weighted by Gasteiger charge is 2.42. The first-order valence-electron chi connectivity index (χ1n) is 6.38. The van der Waals surface area contributed by atoms with Crippen LogP contribution < -0.4 is 5.32 Å². The first kappa shape index (κ1) is 10.3. The third-order valence-electron chi connectivity index (χ3n) is 3.88. The van der Waals surface area contributed by atoms with E-state index in [0.29, 0.717) is 5.54 Å². The highest BCUT2D eigenvalue weighted by molar-refractivity contribution is 5.16. The minimum Gasteiger partial charge on any atom is -0.309 e. The molecule has 0 atom stereocenters. The van der Waals surface area contributed by atoms with Crippen LogP contribution in [-0.4, -0.2) is 30.1 Å². The first-order chi connectivity index (χ1) is 7.86. The largest absolute Gasteiger partial charge is 0.309 e. The molecule has 0 bridgehead atoms. The zero-order chi connectivity index (χ0) is 10.8. The summed E-state index contributed by atoms with van der Waals surface area (Å²) in [7, 11) is 0. The molecule has 0 amide bonds. The van der Waals surface area contributed by atoms with E-state index in [1.165, 1.54) is 44.5 Å². The molecule has 3 rings (SSSR count). The van der Waals surface area contributed by atoms with Crippen LogP contribution >= 0.6 is 0 Å². The lowest BCUT2D eigenvalue weighted by atomic mass is 9.81. The molecule has 0 saturated carbocycles. The van der Waals surface area contributed by atoms with Crippen molar-refractivity contribution in [2.45, 2.75) is 31.3 Å². The summed E-state index contributed by atoms with van der Waals surface area (Å²) in [6.07, 6.45) is 4.14. The number of likely N-dealkylation sites (tertiary alicyclic amines) is 1. The van der Waals surface area contributed by atoms with Crippen molar-refractivity contribution in [2.24, 2.45) is 0 Å². The minimum absolute atomic E-state index is 0.479. The van der Waals surface area contributed by atoms with E-state index in [4.69, 9.17) is 0 Å². The average molecular weight is 216 g/mol. The van der Waals surface area contributed by atoms with Gasteiger partial charge in [0.25, 0.3) is 0 Å². The van der Waals surface area contributed by atoms with Crippen LogP contribution in [0.4, 0.5) is 0 Å². The zero-order valence-corrected chi connectivity index (χ0v) is 9.78. The first-order valence-corrected chi connectivity index (χ1v) is 6.38. The van der Waals surface area contributed by atoms with E-state index in [-0.39, 0.29) is 0 Å². The van der Waals surface area contributed by atoms with E-state index in [0.717, 1.165) is 6.54 Å². The average Bonchev–Trinajstić information content (AvgIpc) is 2.30. The maximum atomic E-state index is 3.71. The Labute approximate surface area is 97.6 Å². The number of benzene rings is 1. The van der Waals surface area contributed by atoms with Gasteiger partial charge in [0.2, 0.25) is 0 Å². The lowest BCUT2D eigenvalue weighted by molar-refractivity contribution is 0.0161. The third kappa shape index (κ3) is 2.00. The van der Waals surface area contributed by atoms with Crippen molar-refractivity contribution >= 4 is 0 Å². The molecule has 1 N–H and O–H groups in total. The van der Waals surface area contributed by atoms with Crippen LogP contribution in [0.3, 0.4) is 0 Å². The summed E-state index contributed by atoms with van der Waals surface area (Å²) in [6, 6.07) is 10.8. The van der Waals surface area contributed by atoms with E-state index in [2.05, 4.69) is 40.5 Å². The van der Waals surface area contributed by atoms with Gasteiger partial charge in [-0.05, 0) is 24.9 Å². The molecule has 2 heteroatoms. The van der Waals surface area contributed by atoms with Gasteiger partial charge in [-0.25, -0.2) is 0 Å². The van der Waals surface area contributed by atoms with Crippen molar-refractivity contribution in [1.29, 1.82) is 0 Å². The number of hydrogen-bond donors (Lipinski definition) is 1. The van der Waals surface area contributed by atoms with Gasteiger partial charge in [-0.1, -0.05) is 36.8 Å². The molecule has 2 saturated heterocycles. The molecule has 2 fully saturated rings. The third-order valence-corrected chi connectivity index (χ3v) is 3.88. The Hall–Kier alpha value is -0.860. The molecule has 0 aromatic heterocycles. The van der Waals surface area contributed by atoms with Gasteiger partial charge in [0.05, 0.1) is 0 Å². The molecule has 1 spiro atoms. The van der Waals surface area contributed by atoms with Crippen molar-refractivity contribution in [1.82, 2.24) is 10.2 Å². The van der Waals surface area contributed by atoms with Gasteiger partial charge in [0.15, 0.2) is 0 Å². The molecule has 0 aliphatic carbocycles. The summed E-state index contributed by atoms with van der Waals surface area (Å²) >= 11 is 0. The molecule has 1 aromatic rings. The van der Waals surface area contributed by atoms with E-state index in [9.17, 15) is 0 Å². The van der Waals surface area contributed by atoms with Crippen LogP contribution in [0.15, 0.2) is 30.3 Å². The second kappa shape index (κ2) is 4.19. The molecule has 16 heavy (non-hydrogen) atoms. The van der Waals surface area contributed by atoms with Crippen molar-refractivity contribution in [3.05, 3.63) is 35.9 Å². The molecular formula is C14H20N2. The van der Waals surface area contributed by atoms with Gasteiger partial charge in [-0.3, -0.25) is 4.90 Å². The van der Waals surface area contributed by atoms with Gasteiger partial charge >= 0.3 is 0 Å². The van der Waals surface area contributed by atoms with Gasteiger partial charge in [0, 0.05) is 25.2 Å². The van der Waals surface area contributed by atoms with Crippen LogP contribution in [0.5, 0.6) is 0 Å². The number of piperidine rings is 1. The van der Waals surface area contributed by atoms with E-state index < -0.39 is 0 Å². The molecule has 2 aliphatic heterocycles. The standard InChI is InChI=1S/C14H20N2/c1-2-6-13(7-3-1)10-16-11-14(12-16)8-4-5-9-15-14/h1-3,6-7,15H,4-5,8-12H2. The fourth-order valence-corrected chi connectivity index (χ4v) is 3.06. The van der Waals surface area contributed by atoms with Crippen molar-refractivity contribution in [3.8, 4) is 0 Å². The van der Waals surface area contributed by atoms with Crippen LogP contribution in [-0.2, 0) is 6.54 Å². The summed E-state index contributed by atoms with van der Waals surface area (Å²) in [5.74, 6) is 0. The summed E-state index contributed by atoms with van der Waals surface area (Å²) in [6.45, 7) is 4.81. The Morgan fingerprint density at radius 2 is 1.94 bits per heavy atom. The molecule has 0 radical (unpaired) electrons. The fourth-order valence-electron chi connectivity index (χ4n) is 3.06. The maximum absolute atomic E-state index is 3.71. The highest BCUT2D eigenvalue weighted by Crippen LogP contribution is 2.30. The zero-order valence-electron chi connectivity index (χ0n) is 9.78. The number of rotatable bonds is 2. The van der Waals surface area contributed by atoms with E-state index in [1.54, 1.807) is 0 Å². The molecule has 0 unspecified atom stereocenters. The minimum atomic E-state index is 0.479. The quantitative estimate of drug-likeness (QED) is 0.813. The predicted molar refractivity (Wildman–Crippen MR) is 66.3 cm³/mol. The molecule has 1 aromatic carbocycles. The highest BCUT2D eigenvalue weighted by atomic mass is 15.3. The number of nitrogens with one attached hydrogen (secondary N) is 1. The Bertz CT molecular complexity index is 333. The van der Waals surface area contributed by atoms with Crippen molar-refractivity contribution in [2.75, 3.05) is 19.6 Å². The maximum Gasteiger partial charge on any atom is 0.0437 e. The molecule has 86 valence electrons. The van der Waals surface area contributed by atoms with Crippen molar-refractivity contribution in [3.63, 3.8) is 0 Å². The van der Waals surface area contributed by atoms with Crippen LogP contribution in [0.25, 0.3) is 0 Å². The van der Waals surface area contributed by atoms with Gasteiger partial charge in [-0.15, -0.1) is 0 Å². The molecule has 2 heterocycles. The van der Waals surface area contributed by atoms with E-state index in [1.807, 2.05) is 0 Å². The smallest absolute Gasteiger partial charge is 0.0437 e. The SMILES string of the molecule is c1ccc(CN2CC3(CCCCN3)C2)cc1. The Morgan fingerprint density at radius 1 is 1.12 bits per heavy atom. The summed E-state index contributed by atoms with van der Waals surface area (Å²) < 4.78 is 0. The Balaban J connectivity index is 1.53. The lowest BCUT2D eigenvalue weighted by Crippen LogP contribution is -2.69. The van der Waals surface area contributed by atoms with E-state index >= 15 is 0 Å². The fraction of sp³-hybridized carbons (Fsp3) is 0.571. The lowest BCUT2D eigenvalue weighted by Gasteiger charge is -2.53. The number of hydrogen-bond acceptors (Lipinski definition) is 2. The van der Waals surface area contributed by atoms with Crippen molar-refractivity contribution < 1.29 is 0 Å². The topological polar surface area (TPSA) is 15.3 Å². The normalized spacial score (nSPS) is 24.2. The number of nitrogens with zero attached hydrogens (tertiary/aromatic N) is 1.